The standard InChI is InChI=1S/C20H15F3N6O3/c21-13-3-1-12(2-4-13)15-5-6-16(29(31)32)17(26-15)27-19(30)28-8-7-20(23,11-28)18-24-9-14(22)10-25-18/h1-6,9-10H,7-8,11H2,(H,26,27,30). The Kier molecular flexibility index (Phi) is 5.43. The number of nitrogens with zero attached hydrogens (tertiary/aromatic N) is 5. The SMILES string of the molecule is O=C(Nc1nc(-c2ccc(F)cc2)ccc1[N+](=O)[O-])N1CCC(F)(c2ncc(F)cn2)C1. The zero-order valence-electron chi connectivity index (χ0n) is 16.3. The number of aromatic nitrogens is 3. The summed E-state index contributed by atoms with van der Waals surface area (Å²) in [6, 6.07) is 7.02. The van der Waals surface area contributed by atoms with Crippen LogP contribution in [0.3, 0.4) is 0 Å². The summed E-state index contributed by atoms with van der Waals surface area (Å²) >= 11 is 0. The molecule has 1 aliphatic rings. The molecule has 1 N–H and O–H groups in total. The second kappa shape index (κ2) is 8.21. The fourth-order valence-electron chi connectivity index (χ4n) is 3.33. The zero-order chi connectivity index (χ0) is 22.9. The molecule has 9 nitrogen and oxygen atoms in total. The number of carbonyl (C=O) groups is 1. The van der Waals surface area contributed by atoms with Gasteiger partial charge >= 0.3 is 11.7 Å². The predicted molar refractivity (Wildman–Crippen MR) is 106 cm³/mol. The maximum Gasteiger partial charge on any atom is 0.323 e. The second-order valence-corrected chi connectivity index (χ2v) is 7.12. The highest BCUT2D eigenvalue weighted by atomic mass is 19.1. The quantitative estimate of drug-likeness (QED) is 0.483. The number of hydrogen-bond acceptors (Lipinski definition) is 6. The van der Waals surface area contributed by atoms with E-state index in [4.69, 9.17) is 0 Å². The molecule has 2 amide bonds. The summed E-state index contributed by atoms with van der Waals surface area (Å²) in [4.78, 5) is 35.9. The first-order valence-electron chi connectivity index (χ1n) is 9.39. The predicted octanol–water partition coefficient (Wildman–Crippen LogP) is 3.83. The van der Waals surface area contributed by atoms with Gasteiger partial charge in [-0.15, -0.1) is 0 Å². The van der Waals surface area contributed by atoms with Crippen molar-refractivity contribution in [3.05, 3.63) is 76.4 Å². The second-order valence-electron chi connectivity index (χ2n) is 7.12. The van der Waals surface area contributed by atoms with Crippen molar-refractivity contribution in [2.45, 2.75) is 12.1 Å². The van der Waals surface area contributed by atoms with Crippen molar-refractivity contribution < 1.29 is 22.9 Å². The Bertz CT molecular complexity index is 1180. The average Bonchev–Trinajstić information content (AvgIpc) is 3.18. The lowest BCUT2D eigenvalue weighted by atomic mass is 10.1. The van der Waals surface area contributed by atoms with Crippen LogP contribution in [-0.4, -0.2) is 43.9 Å². The molecule has 1 unspecified atom stereocenters. The lowest BCUT2D eigenvalue weighted by Gasteiger charge is -2.20. The Morgan fingerprint density at radius 3 is 2.44 bits per heavy atom. The van der Waals surface area contributed by atoms with E-state index in [1.54, 1.807) is 0 Å². The first-order valence-corrected chi connectivity index (χ1v) is 9.39. The number of likely N-dealkylation sites (tertiary alicyclic amines) is 1. The van der Waals surface area contributed by atoms with E-state index in [0.29, 0.717) is 5.56 Å². The number of halogens is 3. The van der Waals surface area contributed by atoms with Gasteiger partial charge in [-0.05, 0) is 30.3 Å². The van der Waals surface area contributed by atoms with Crippen molar-refractivity contribution in [3.63, 3.8) is 0 Å². The molecule has 1 saturated heterocycles. The van der Waals surface area contributed by atoms with E-state index in [1.807, 2.05) is 0 Å². The number of amides is 2. The van der Waals surface area contributed by atoms with Crippen molar-refractivity contribution in [1.29, 1.82) is 0 Å². The molecule has 2 aromatic heterocycles. The third kappa shape index (κ3) is 4.19. The Balaban J connectivity index is 1.55. The number of urea groups is 1. The third-order valence-electron chi connectivity index (χ3n) is 4.96. The van der Waals surface area contributed by atoms with Crippen molar-refractivity contribution in [2.24, 2.45) is 0 Å². The molecule has 3 heterocycles. The number of rotatable bonds is 4. The van der Waals surface area contributed by atoms with E-state index >= 15 is 4.39 Å². The van der Waals surface area contributed by atoms with Crippen molar-refractivity contribution >= 4 is 17.5 Å². The summed E-state index contributed by atoms with van der Waals surface area (Å²) < 4.78 is 41.4. The van der Waals surface area contributed by atoms with E-state index in [0.717, 1.165) is 23.4 Å². The summed E-state index contributed by atoms with van der Waals surface area (Å²) in [5, 5.41) is 13.7. The van der Waals surface area contributed by atoms with Crippen molar-refractivity contribution in [3.8, 4) is 11.3 Å². The molecule has 0 spiro atoms. The first-order chi connectivity index (χ1) is 15.2. The number of nitrogens with one attached hydrogen (secondary N) is 1. The van der Waals surface area contributed by atoms with Gasteiger partial charge in [0.25, 0.3) is 0 Å². The van der Waals surface area contributed by atoms with Crippen LogP contribution in [0.4, 0.5) is 29.5 Å². The van der Waals surface area contributed by atoms with Crippen LogP contribution < -0.4 is 5.32 Å². The summed E-state index contributed by atoms with van der Waals surface area (Å²) in [7, 11) is 0. The highest BCUT2D eigenvalue weighted by Crippen LogP contribution is 2.34. The molecule has 1 aliphatic heterocycles. The minimum atomic E-state index is -2.08. The van der Waals surface area contributed by atoms with Gasteiger partial charge in [0.05, 0.1) is 29.6 Å². The Hall–Kier alpha value is -4.09. The molecule has 3 aromatic rings. The van der Waals surface area contributed by atoms with E-state index in [-0.39, 0.29) is 30.3 Å². The maximum absolute atomic E-state index is 15.2. The molecule has 4 rings (SSSR count). The smallest absolute Gasteiger partial charge is 0.321 e. The average molecular weight is 444 g/mol. The molecule has 164 valence electrons. The Morgan fingerprint density at radius 2 is 1.78 bits per heavy atom. The number of anilines is 1. The number of carbonyl (C=O) groups excluding carboxylic acids is 1. The van der Waals surface area contributed by atoms with E-state index in [2.05, 4.69) is 20.3 Å². The molecule has 0 bridgehead atoms. The monoisotopic (exact) mass is 444 g/mol. The summed E-state index contributed by atoms with van der Waals surface area (Å²) in [6.45, 7) is -0.440. The highest BCUT2D eigenvalue weighted by Gasteiger charge is 2.44. The van der Waals surface area contributed by atoms with Gasteiger partial charge in [0, 0.05) is 24.6 Å². The van der Waals surface area contributed by atoms with E-state index < -0.39 is 40.5 Å². The van der Waals surface area contributed by atoms with Crippen LogP contribution in [-0.2, 0) is 5.67 Å². The number of benzene rings is 1. The lowest BCUT2D eigenvalue weighted by molar-refractivity contribution is -0.384. The van der Waals surface area contributed by atoms with E-state index in [9.17, 15) is 23.7 Å². The van der Waals surface area contributed by atoms with Crippen LogP contribution in [0.1, 0.15) is 12.2 Å². The minimum Gasteiger partial charge on any atom is -0.321 e. The molecule has 0 radical (unpaired) electrons. The number of pyridine rings is 1. The first kappa shape index (κ1) is 21.2. The largest absolute Gasteiger partial charge is 0.323 e. The third-order valence-corrected chi connectivity index (χ3v) is 4.96. The van der Waals surface area contributed by atoms with Crippen molar-refractivity contribution in [2.75, 3.05) is 18.4 Å². The van der Waals surface area contributed by atoms with Gasteiger partial charge in [-0.1, -0.05) is 0 Å². The Labute approximate surface area is 179 Å². The number of hydrogen-bond donors (Lipinski definition) is 1. The lowest BCUT2D eigenvalue weighted by Crippen LogP contribution is -2.36. The minimum absolute atomic E-state index is 0.0193. The molecule has 12 heteroatoms. The van der Waals surface area contributed by atoms with Crippen LogP contribution in [0.5, 0.6) is 0 Å². The number of nitro groups is 1. The zero-order valence-corrected chi connectivity index (χ0v) is 16.3. The van der Waals surface area contributed by atoms with E-state index in [1.165, 1.54) is 30.3 Å². The molecule has 0 aliphatic carbocycles. The molecular formula is C20H15F3N6O3. The van der Waals surface area contributed by atoms with Gasteiger partial charge in [0.2, 0.25) is 5.82 Å². The highest BCUT2D eigenvalue weighted by molar-refractivity contribution is 5.91. The molecule has 1 aromatic carbocycles. The van der Waals surface area contributed by atoms with Gasteiger partial charge < -0.3 is 4.90 Å². The number of alkyl halides is 1. The van der Waals surface area contributed by atoms with Gasteiger partial charge in [-0.25, -0.2) is 32.9 Å². The van der Waals surface area contributed by atoms with Gasteiger partial charge in [-0.3, -0.25) is 15.4 Å². The molecule has 1 fully saturated rings. The van der Waals surface area contributed by atoms with Gasteiger partial charge in [0.1, 0.15) is 5.82 Å². The Morgan fingerprint density at radius 1 is 1.09 bits per heavy atom. The van der Waals surface area contributed by atoms with Crippen LogP contribution in [0.25, 0.3) is 11.3 Å². The summed E-state index contributed by atoms with van der Waals surface area (Å²) in [5.74, 6) is -1.77. The van der Waals surface area contributed by atoms with Gasteiger partial charge in [-0.2, -0.15) is 0 Å². The molecule has 32 heavy (non-hydrogen) atoms. The topological polar surface area (TPSA) is 114 Å². The molecule has 0 saturated carbocycles. The summed E-state index contributed by atoms with van der Waals surface area (Å²) in [6.07, 6.45) is 1.54. The van der Waals surface area contributed by atoms with Crippen LogP contribution in [0.15, 0.2) is 48.8 Å². The molecule has 1 atom stereocenters. The normalized spacial score (nSPS) is 17.9. The maximum atomic E-state index is 15.2. The summed E-state index contributed by atoms with van der Waals surface area (Å²) in [5.41, 5.74) is -1.79. The van der Waals surface area contributed by atoms with Crippen LogP contribution in [0, 0.1) is 21.7 Å². The van der Waals surface area contributed by atoms with Gasteiger partial charge in [0.15, 0.2) is 17.3 Å². The van der Waals surface area contributed by atoms with Crippen molar-refractivity contribution in [1.82, 2.24) is 19.9 Å². The fourth-order valence-corrected chi connectivity index (χ4v) is 3.33. The van der Waals surface area contributed by atoms with Crippen LogP contribution >= 0.6 is 0 Å². The molecular weight excluding hydrogens is 429 g/mol. The van der Waals surface area contributed by atoms with Crippen LogP contribution in [0.2, 0.25) is 0 Å². The fraction of sp³-hybridized carbons (Fsp3) is 0.200.